The maximum Gasteiger partial charge on any atom is 0.261 e. The summed E-state index contributed by atoms with van der Waals surface area (Å²) in [6.45, 7) is 4.37. The summed E-state index contributed by atoms with van der Waals surface area (Å²) in [5.74, 6) is 0.598. The van der Waals surface area contributed by atoms with Gasteiger partial charge < -0.3 is 10.6 Å². The normalized spacial score (nSPS) is 23.2. The first-order valence-electron chi connectivity index (χ1n) is 8.14. The average molecular weight is 369 g/mol. The monoisotopic (exact) mass is 368 g/mol. The van der Waals surface area contributed by atoms with E-state index in [9.17, 15) is 9.59 Å². The molecule has 4 N–H and O–H groups in total. The second-order valence-corrected chi connectivity index (χ2v) is 7.54. The molecule has 0 radical (unpaired) electrons. The van der Waals surface area contributed by atoms with Crippen LogP contribution in [0.3, 0.4) is 0 Å². The van der Waals surface area contributed by atoms with Gasteiger partial charge in [0.1, 0.15) is 0 Å². The second kappa shape index (κ2) is 8.98. The molecule has 0 bridgehead atoms. The van der Waals surface area contributed by atoms with Crippen molar-refractivity contribution in [3.63, 3.8) is 0 Å². The molecule has 0 saturated heterocycles. The van der Waals surface area contributed by atoms with Crippen molar-refractivity contribution in [3.8, 4) is 0 Å². The van der Waals surface area contributed by atoms with Gasteiger partial charge in [0.2, 0.25) is 0 Å². The Balaban J connectivity index is 1.66. The fraction of sp³-hybridized carbons (Fsp3) is 0.562. The predicted molar refractivity (Wildman–Crippen MR) is 99.6 cm³/mol. The van der Waals surface area contributed by atoms with Crippen LogP contribution in [-0.4, -0.2) is 29.5 Å². The predicted octanol–water partition coefficient (Wildman–Crippen LogP) is 1.80. The van der Waals surface area contributed by atoms with Gasteiger partial charge in [-0.05, 0) is 41.9 Å². The molecule has 1 aromatic heterocycles. The summed E-state index contributed by atoms with van der Waals surface area (Å²) < 4.78 is 0. The second-order valence-electron chi connectivity index (χ2n) is 6.18. The van der Waals surface area contributed by atoms with E-state index in [1.165, 1.54) is 24.2 Å². The smallest absolute Gasteiger partial charge is 0.261 e. The Bertz CT molecular complexity index is 577. The van der Waals surface area contributed by atoms with Gasteiger partial charge in [0.15, 0.2) is 5.11 Å². The lowest BCUT2D eigenvalue weighted by Crippen LogP contribution is -2.53. The fourth-order valence-electron chi connectivity index (χ4n) is 2.82. The van der Waals surface area contributed by atoms with Crippen LogP contribution in [-0.2, 0) is 4.79 Å². The van der Waals surface area contributed by atoms with Crippen molar-refractivity contribution in [1.82, 2.24) is 21.5 Å². The molecule has 0 aliphatic heterocycles. The van der Waals surface area contributed by atoms with E-state index in [0.29, 0.717) is 27.9 Å². The molecular formula is C16H24N4O2S2. The number of thiophene rings is 1. The van der Waals surface area contributed by atoms with E-state index in [1.54, 1.807) is 12.1 Å². The van der Waals surface area contributed by atoms with Crippen LogP contribution in [0.2, 0.25) is 0 Å². The topological polar surface area (TPSA) is 82.3 Å². The van der Waals surface area contributed by atoms with Crippen molar-refractivity contribution < 1.29 is 9.59 Å². The summed E-state index contributed by atoms with van der Waals surface area (Å²) in [7, 11) is 0. The van der Waals surface area contributed by atoms with E-state index in [2.05, 4.69) is 35.3 Å². The van der Waals surface area contributed by atoms with Crippen molar-refractivity contribution in [2.45, 2.75) is 39.2 Å². The van der Waals surface area contributed by atoms with Crippen molar-refractivity contribution in [3.05, 3.63) is 22.4 Å². The van der Waals surface area contributed by atoms with Crippen LogP contribution in [0.1, 0.15) is 42.8 Å². The quantitative estimate of drug-likeness (QED) is 0.481. The van der Waals surface area contributed by atoms with Gasteiger partial charge in [0, 0.05) is 6.04 Å². The van der Waals surface area contributed by atoms with Gasteiger partial charge in [-0.1, -0.05) is 32.8 Å². The van der Waals surface area contributed by atoms with Gasteiger partial charge in [0.05, 0.1) is 11.4 Å². The summed E-state index contributed by atoms with van der Waals surface area (Å²) >= 11 is 6.55. The Morgan fingerprint density at radius 1 is 1.29 bits per heavy atom. The van der Waals surface area contributed by atoms with E-state index in [4.69, 9.17) is 12.2 Å². The molecule has 2 amide bonds. The molecule has 0 spiro atoms. The summed E-state index contributed by atoms with van der Waals surface area (Å²) in [6.07, 6.45) is 3.52. The molecule has 132 valence electrons. The minimum atomic E-state index is -0.353. The van der Waals surface area contributed by atoms with Crippen LogP contribution in [0.4, 0.5) is 0 Å². The van der Waals surface area contributed by atoms with Crippen molar-refractivity contribution in [2.75, 3.05) is 6.54 Å². The molecule has 1 fully saturated rings. The highest BCUT2D eigenvalue weighted by Crippen LogP contribution is 2.29. The van der Waals surface area contributed by atoms with Gasteiger partial charge in [-0.2, -0.15) is 0 Å². The molecule has 24 heavy (non-hydrogen) atoms. The third-order valence-corrected chi connectivity index (χ3v) is 5.58. The molecular weight excluding hydrogens is 344 g/mol. The van der Waals surface area contributed by atoms with E-state index in [1.807, 2.05) is 5.38 Å². The molecule has 3 atom stereocenters. The van der Waals surface area contributed by atoms with E-state index in [0.717, 1.165) is 6.42 Å². The zero-order chi connectivity index (χ0) is 17.5. The minimum absolute atomic E-state index is 0.108. The first-order chi connectivity index (χ1) is 11.5. The highest BCUT2D eigenvalue weighted by atomic mass is 32.1. The molecule has 2 rings (SSSR count). The molecule has 0 unspecified atom stereocenters. The molecule has 1 aliphatic carbocycles. The molecule has 6 nitrogen and oxygen atoms in total. The summed E-state index contributed by atoms with van der Waals surface area (Å²) in [5, 5.41) is 8.04. The summed E-state index contributed by atoms with van der Waals surface area (Å²) in [6, 6.07) is 3.82. The Labute approximate surface area is 151 Å². The minimum Gasteiger partial charge on any atom is -0.358 e. The van der Waals surface area contributed by atoms with E-state index >= 15 is 0 Å². The number of thiocarbonyl (C=S) groups is 1. The molecule has 8 heteroatoms. The maximum atomic E-state index is 11.8. The highest BCUT2D eigenvalue weighted by Gasteiger charge is 2.27. The number of carbonyl (C=O) groups excluding carboxylic acids is 2. The number of nitrogens with one attached hydrogen (secondary N) is 4. The fourth-order valence-corrected chi connectivity index (χ4v) is 3.66. The van der Waals surface area contributed by atoms with Crippen molar-refractivity contribution in [1.29, 1.82) is 0 Å². The van der Waals surface area contributed by atoms with Crippen LogP contribution in [0.25, 0.3) is 0 Å². The third-order valence-electron chi connectivity index (χ3n) is 4.49. The number of hydrogen-bond donors (Lipinski definition) is 4. The molecule has 0 aromatic carbocycles. The lowest BCUT2D eigenvalue weighted by Gasteiger charge is -2.35. The molecule has 1 heterocycles. The number of hydrogen-bond acceptors (Lipinski definition) is 4. The van der Waals surface area contributed by atoms with Gasteiger partial charge in [-0.15, -0.1) is 11.3 Å². The Kier molecular flexibility index (Phi) is 6.99. The van der Waals surface area contributed by atoms with Crippen molar-refractivity contribution in [2.24, 2.45) is 11.8 Å². The van der Waals surface area contributed by atoms with Crippen LogP contribution in [0.15, 0.2) is 17.5 Å². The lowest BCUT2D eigenvalue weighted by molar-refractivity contribution is -0.120. The Morgan fingerprint density at radius 3 is 2.79 bits per heavy atom. The van der Waals surface area contributed by atoms with E-state index < -0.39 is 0 Å². The Morgan fingerprint density at radius 2 is 2.08 bits per heavy atom. The first kappa shape index (κ1) is 18.7. The standard InChI is InChI=1S/C16H24N4O2S2/c1-10-5-3-6-12(11(10)2)18-16(23)20-19-14(21)9-17-15(22)13-7-4-8-24-13/h4,7-8,10-12H,3,5-6,9H2,1-2H3,(H,17,22)(H,19,21)(H2,18,20,23)/t10-,11+,12-/m0/s1. The number of carbonyl (C=O) groups is 2. The molecule has 1 aliphatic rings. The van der Waals surface area contributed by atoms with Crippen LogP contribution in [0.5, 0.6) is 0 Å². The van der Waals surface area contributed by atoms with Gasteiger partial charge in [0.25, 0.3) is 11.8 Å². The van der Waals surface area contributed by atoms with Crippen molar-refractivity contribution >= 4 is 40.5 Å². The van der Waals surface area contributed by atoms with Crippen LogP contribution in [0, 0.1) is 11.8 Å². The summed E-state index contributed by atoms with van der Waals surface area (Å²) in [4.78, 5) is 24.1. The number of rotatable bonds is 4. The van der Waals surface area contributed by atoms with E-state index in [-0.39, 0.29) is 18.4 Å². The SMILES string of the molecule is C[C@H]1[C@@H](NC(=S)NNC(=O)CNC(=O)c2cccs2)CCC[C@@H]1C. The molecule has 1 aromatic rings. The maximum absolute atomic E-state index is 11.8. The first-order valence-corrected chi connectivity index (χ1v) is 9.43. The van der Waals surface area contributed by atoms with Crippen LogP contribution >= 0.6 is 23.6 Å². The number of hydrazine groups is 1. The van der Waals surface area contributed by atoms with Gasteiger partial charge >= 0.3 is 0 Å². The largest absolute Gasteiger partial charge is 0.358 e. The molecule has 1 saturated carbocycles. The van der Waals surface area contributed by atoms with Gasteiger partial charge in [-0.3, -0.25) is 20.4 Å². The Hall–Kier alpha value is -1.67. The summed E-state index contributed by atoms with van der Waals surface area (Å²) in [5.41, 5.74) is 5.19. The zero-order valence-corrected chi connectivity index (χ0v) is 15.6. The zero-order valence-electron chi connectivity index (χ0n) is 13.9. The lowest BCUT2D eigenvalue weighted by atomic mass is 9.78. The van der Waals surface area contributed by atoms with Gasteiger partial charge in [-0.25, -0.2) is 0 Å². The number of amides is 2. The highest BCUT2D eigenvalue weighted by molar-refractivity contribution is 7.80. The average Bonchev–Trinajstić information content (AvgIpc) is 3.09. The third kappa shape index (κ3) is 5.45. The van der Waals surface area contributed by atoms with Crippen LogP contribution < -0.4 is 21.5 Å².